The Hall–Kier alpha value is -1.11. The monoisotopic (exact) mass is 317 g/mol. The van der Waals surface area contributed by atoms with E-state index in [1.807, 2.05) is 0 Å². The average molecular weight is 317 g/mol. The van der Waals surface area contributed by atoms with Crippen LogP contribution in [0, 0.1) is 11.8 Å². The predicted octanol–water partition coefficient (Wildman–Crippen LogP) is 0.913. The molecule has 1 aliphatic heterocycles. The Morgan fingerprint density at radius 3 is 2.38 bits per heavy atom. The molecule has 0 spiro atoms. The van der Waals surface area contributed by atoms with Gasteiger partial charge in [0, 0.05) is 12.5 Å². The summed E-state index contributed by atoms with van der Waals surface area (Å²) in [5.41, 5.74) is 0. The molecule has 1 unspecified atom stereocenters. The number of carbonyl (C=O) groups excluding carboxylic acids is 1. The maximum Gasteiger partial charge on any atom is 0.305 e. The first kappa shape index (κ1) is 16.3. The van der Waals surface area contributed by atoms with Gasteiger partial charge in [0.2, 0.25) is 5.91 Å². The lowest BCUT2D eigenvalue weighted by atomic mass is 9.82. The summed E-state index contributed by atoms with van der Waals surface area (Å²) in [4.78, 5) is 25.0. The highest BCUT2D eigenvalue weighted by atomic mass is 32.2. The van der Waals surface area contributed by atoms with Crippen molar-refractivity contribution >= 4 is 21.7 Å². The number of nitrogens with zero attached hydrogens (tertiary/aromatic N) is 1. The average Bonchev–Trinajstić information content (AvgIpc) is 2.37. The predicted molar refractivity (Wildman–Crippen MR) is 77.5 cm³/mol. The zero-order valence-corrected chi connectivity index (χ0v) is 13.1. The zero-order chi connectivity index (χ0) is 15.6. The van der Waals surface area contributed by atoms with Crippen molar-refractivity contribution in [1.29, 1.82) is 0 Å². The zero-order valence-electron chi connectivity index (χ0n) is 12.3. The van der Waals surface area contributed by atoms with Gasteiger partial charge in [-0.2, -0.15) is 0 Å². The van der Waals surface area contributed by atoms with Gasteiger partial charge in [0.15, 0.2) is 9.84 Å². The van der Waals surface area contributed by atoms with Gasteiger partial charge in [0.05, 0.1) is 24.0 Å². The summed E-state index contributed by atoms with van der Waals surface area (Å²) in [6.07, 6.45) is 3.36. The Morgan fingerprint density at radius 1 is 1.19 bits per heavy atom. The van der Waals surface area contributed by atoms with Crippen LogP contribution < -0.4 is 0 Å². The van der Waals surface area contributed by atoms with E-state index in [1.54, 1.807) is 0 Å². The van der Waals surface area contributed by atoms with Crippen molar-refractivity contribution in [2.75, 3.05) is 18.1 Å². The third-order valence-electron chi connectivity index (χ3n) is 4.59. The van der Waals surface area contributed by atoms with E-state index in [-0.39, 0.29) is 36.3 Å². The Morgan fingerprint density at radius 2 is 1.81 bits per heavy atom. The molecule has 0 radical (unpaired) electrons. The smallest absolute Gasteiger partial charge is 0.305 e. The second kappa shape index (κ2) is 6.34. The summed E-state index contributed by atoms with van der Waals surface area (Å²) in [5, 5.41) is 8.95. The molecule has 1 saturated heterocycles. The topological polar surface area (TPSA) is 91.8 Å². The number of sulfone groups is 1. The van der Waals surface area contributed by atoms with E-state index in [4.69, 9.17) is 5.11 Å². The van der Waals surface area contributed by atoms with Gasteiger partial charge < -0.3 is 10.0 Å². The highest BCUT2D eigenvalue weighted by molar-refractivity contribution is 7.91. The van der Waals surface area contributed by atoms with Gasteiger partial charge in [0.1, 0.15) is 0 Å². The van der Waals surface area contributed by atoms with Crippen molar-refractivity contribution in [3.8, 4) is 0 Å². The second-order valence-electron chi connectivity index (χ2n) is 6.35. The summed E-state index contributed by atoms with van der Waals surface area (Å²) >= 11 is 0. The number of carbonyl (C=O) groups is 2. The second-order valence-corrected chi connectivity index (χ2v) is 8.58. The van der Waals surface area contributed by atoms with Crippen LogP contribution in [0.2, 0.25) is 0 Å². The molecule has 0 aromatic rings. The van der Waals surface area contributed by atoms with E-state index in [0.29, 0.717) is 5.92 Å². The van der Waals surface area contributed by atoms with Crippen LogP contribution in [0.3, 0.4) is 0 Å². The van der Waals surface area contributed by atoms with E-state index in [9.17, 15) is 18.0 Å². The van der Waals surface area contributed by atoms with Crippen molar-refractivity contribution in [3.63, 3.8) is 0 Å². The molecular formula is C14H23NO5S. The van der Waals surface area contributed by atoms with Gasteiger partial charge >= 0.3 is 5.97 Å². The molecule has 1 atom stereocenters. The van der Waals surface area contributed by atoms with Crippen LogP contribution in [0.15, 0.2) is 0 Å². The molecule has 21 heavy (non-hydrogen) atoms. The Bertz CT molecular complexity index is 507. The lowest BCUT2D eigenvalue weighted by Gasteiger charge is -2.38. The van der Waals surface area contributed by atoms with Gasteiger partial charge in [-0.25, -0.2) is 8.42 Å². The van der Waals surface area contributed by atoms with Crippen LogP contribution in [0.4, 0.5) is 0 Å². The molecule has 0 aromatic heterocycles. The van der Waals surface area contributed by atoms with Crippen molar-refractivity contribution in [1.82, 2.24) is 4.90 Å². The summed E-state index contributed by atoms with van der Waals surface area (Å²) < 4.78 is 23.4. The minimum atomic E-state index is -3.24. The first-order valence-corrected chi connectivity index (χ1v) is 9.33. The molecule has 2 aliphatic rings. The fourth-order valence-corrected chi connectivity index (χ4v) is 4.81. The minimum Gasteiger partial charge on any atom is -0.481 e. The summed E-state index contributed by atoms with van der Waals surface area (Å²) in [6, 6.07) is -0.715. The number of carboxylic acids is 1. The molecule has 0 bridgehead atoms. The van der Waals surface area contributed by atoms with E-state index < -0.39 is 21.8 Å². The van der Waals surface area contributed by atoms with Crippen molar-refractivity contribution in [3.05, 3.63) is 0 Å². The molecule has 6 nitrogen and oxygen atoms in total. The molecule has 0 aromatic carbocycles. The number of hydrogen-bond donors (Lipinski definition) is 1. The van der Waals surface area contributed by atoms with Gasteiger partial charge in [-0.05, 0) is 31.6 Å². The van der Waals surface area contributed by atoms with Crippen LogP contribution in [0.1, 0.15) is 39.0 Å². The quantitative estimate of drug-likeness (QED) is 0.835. The van der Waals surface area contributed by atoms with Gasteiger partial charge in [-0.15, -0.1) is 0 Å². The van der Waals surface area contributed by atoms with Crippen molar-refractivity contribution < 1.29 is 23.1 Å². The van der Waals surface area contributed by atoms with Crippen LogP contribution in [0.5, 0.6) is 0 Å². The Kier molecular flexibility index (Phi) is 4.91. The van der Waals surface area contributed by atoms with Gasteiger partial charge in [-0.1, -0.05) is 6.92 Å². The molecule has 2 fully saturated rings. The SMILES string of the molecule is CC1CCC(C(=O)N2CCS(=O)(=O)CC2CC(=O)O)CC1. The molecule has 7 heteroatoms. The van der Waals surface area contributed by atoms with Crippen molar-refractivity contribution in [2.24, 2.45) is 11.8 Å². The number of carboxylic acid groups (broad SMARTS) is 1. The third kappa shape index (κ3) is 4.18. The number of amides is 1. The fourth-order valence-electron chi connectivity index (χ4n) is 3.29. The van der Waals surface area contributed by atoms with E-state index in [0.717, 1.165) is 25.7 Å². The lowest BCUT2D eigenvalue weighted by Crippen LogP contribution is -2.53. The molecule has 1 N–H and O–H groups in total. The first-order valence-electron chi connectivity index (χ1n) is 7.51. The molecular weight excluding hydrogens is 294 g/mol. The maximum atomic E-state index is 12.6. The highest BCUT2D eigenvalue weighted by Crippen LogP contribution is 2.31. The third-order valence-corrected chi connectivity index (χ3v) is 6.29. The van der Waals surface area contributed by atoms with E-state index in [2.05, 4.69) is 6.92 Å². The summed E-state index contributed by atoms with van der Waals surface area (Å²) in [5.74, 6) is -0.842. The summed E-state index contributed by atoms with van der Waals surface area (Å²) in [6.45, 7) is 2.30. The van der Waals surface area contributed by atoms with Gasteiger partial charge in [0.25, 0.3) is 0 Å². The molecule has 1 saturated carbocycles. The maximum absolute atomic E-state index is 12.6. The van der Waals surface area contributed by atoms with Crippen molar-refractivity contribution in [2.45, 2.75) is 45.1 Å². The van der Waals surface area contributed by atoms with Crippen LogP contribution in [-0.4, -0.2) is 54.4 Å². The van der Waals surface area contributed by atoms with Crippen LogP contribution in [0.25, 0.3) is 0 Å². The number of hydrogen-bond acceptors (Lipinski definition) is 4. The normalized spacial score (nSPS) is 32.6. The standard InChI is InChI=1S/C14H23NO5S/c1-10-2-4-11(5-3-10)14(18)15-6-7-21(19,20)9-12(15)8-13(16)17/h10-12H,2-9H2,1H3,(H,16,17). The van der Waals surface area contributed by atoms with Gasteiger partial charge in [-0.3, -0.25) is 9.59 Å². The molecule has 2 rings (SSSR count). The number of rotatable bonds is 3. The van der Waals surface area contributed by atoms with E-state index in [1.165, 1.54) is 4.90 Å². The highest BCUT2D eigenvalue weighted by Gasteiger charge is 2.38. The Balaban J connectivity index is 2.08. The lowest BCUT2D eigenvalue weighted by molar-refractivity contribution is -0.142. The largest absolute Gasteiger partial charge is 0.481 e. The molecule has 120 valence electrons. The van der Waals surface area contributed by atoms with Crippen LogP contribution >= 0.6 is 0 Å². The Labute approximate surface area is 125 Å². The number of aliphatic carboxylic acids is 1. The summed E-state index contributed by atoms with van der Waals surface area (Å²) in [7, 11) is -3.24. The molecule has 1 heterocycles. The van der Waals surface area contributed by atoms with Crippen LogP contribution in [-0.2, 0) is 19.4 Å². The van der Waals surface area contributed by atoms with E-state index >= 15 is 0 Å². The fraction of sp³-hybridized carbons (Fsp3) is 0.857. The minimum absolute atomic E-state index is 0.0527. The molecule has 1 amide bonds. The first-order chi connectivity index (χ1) is 9.78. The molecule has 1 aliphatic carbocycles.